The van der Waals surface area contributed by atoms with Crippen molar-refractivity contribution in [3.8, 4) is 0 Å². The van der Waals surface area contributed by atoms with E-state index in [0.29, 0.717) is 11.6 Å². The minimum atomic E-state index is -0.341. The molecule has 1 N–H and O–H groups in total. The van der Waals surface area contributed by atoms with Gasteiger partial charge in [0.25, 0.3) is 0 Å². The summed E-state index contributed by atoms with van der Waals surface area (Å²) in [6, 6.07) is 0.280. The van der Waals surface area contributed by atoms with Gasteiger partial charge >= 0.3 is 5.69 Å². The first-order valence-corrected chi connectivity index (χ1v) is 8.26. The Morgan fingerprint density at radius 3 is 2.41 bits per heavy atom. The van der Waals surface area contributed by atoms with E-state index < -0.39 is 0 Å². The van der Waals surface area contributed by atoms with Crippen molar-refractivity contribution in [2.24, 2.45) is 0 Å². The first-order chi connectivity index (χ1) is 10.8. The number of rotatable bonds is 4. The zero-order valence-electron chi connectivity index (χ0n) is 12.8. The van der Waals surface area contributed by atoms with Gasteiger partial charge in [-0.05, 0) is 25.7 Å². The fraction of sp³-hybridized carbons (Fsp3) is 0.733. The third kappa shape index (κ3) is 3.28. The van der Waals surface area contributed by atoms with E-state index in [-0.39, 0.29) is 16.7 Å². The van der Waals surface area contributed by atoms with Gasteiger partial charge in [0.1, 0.15) is 6.33 Å². The molecule has 1 aromatic heterocycles. The van der Waals surface area contributed by atoms with E-state index in [9.17, 15) is 10.1 Å². The van der Waals surface area contributed by atoms with Gasteiger partial charge in [0.2, 0.25) is 11.6 Å². The van der Waals surface area contributed by atoms with Crippen LogP contribution in [0.1, 0.15) is 51.4 Å². The van der Waals surface area contributed by atoms with Crippen molar-refractivity contribution in [1.29, 1.82) is 0 Å². The molecule has 7 nitrogen and oxygen atoms in total. The number of anilines is 2. The Morgan fingerprint density at radius 2 is 1.77 bits per heavy atom. The molecule has 1 aliphatic carbocycles. The molecule has 7 heteroatoms. The molecule has 0 unspecified atom stereocenters. The van der Waals surface area contributed by atoms with Crippen molar-refractivity contribution >= 4 is 17.3 Å². The molecular formula is C15H23N5O2. The first-order valence-electron chi connectivity index (χ1n) is 8.26. The van der Waals surface area contributed by atoms with Gasteiger partial charge in [-0.25, -0.2) is 9.97 Å². The largest absolute Gasteiger partial charge is 0.361 e. The summed E-state index contributed by atoms with van der Waals surface area (Å²) in [7, 11) is 0. The maximum atomic E-state index is 11.6. The fourth-order valence-electron chi connectivity index (χ4n) is 3.42. The van der Waals surface area contributed by atoms with Crippen molar-refractivity contribution in [2.45, 2.75) is 57.4 Å². The molecule has 0 amide bonds. The van der Waals surface area contributed by atoms with E-state index in [2.05, 4.69) is 15.3 Å². The van der Waals surface area contributed by atoms with Gasteiger partial charge in [-0.2, -0.15) is 0 Å². The molecule has 22 heavy (non-hydrogen) atoms. The second kappa shape index (κ2) is 6.89. The lowest BCUT2D eigenvalue weighted by molar-refractivity contribution is -0.383. The van der Waals surface area contributed by atoms with Crippen molar-refractivity contribution in [1.82, 2.24) is 9.97 Å². The maximum absolute atomic E-state index is 11.6. The van der Waals surface area contributed by atoms with E-state index >= 15 is 0 Å². The van der Waals surface area contributed by atoms with Crippen LogP contribution in [0, 0.1) is 10.1 Å². The highest BCUT2D eigenvalue weighted by molar-refractivity contribution is 5.70. The van der Waals surface area contributed by atoms with Gasteiger partial charge < -0.3 is 10.2 Å². The summed E-state index contributed by atoms with van der Waals surface area (Å²) in [5.41, 5.74) is 0.0358. The first kappa shape index (κ1) is 15.0. The molecule has 1 saturated heterocycles. The third-order valence-electron chi connectivity index (χ3n) is 4.59. The van der Waals surface area contributed by atoms with Gasteiger partial charge in [-0.1, -0.05) is 25.7 Å². The zero-order chi connectivity index (χ0) is 15.4. The maximum Gasteiger partial charge on any atom is 0.353 e. The average molecular weight is 305 g/mol. The summed E-state index contributed by atoms with van der Waals surface area (Å²) in [5.74, 6) is 0.849. The Hall–Kier alpha value is -1.92. The lowest BCUT2D eigenvalue weighted by Gasteiger charge is -2.20. The van der Waals surface area contributed by atoms with Gasteiger partial charge in [0.15, 0.2) is 0 Å². The van der Waals surface area contributed by atoms with Gasteiger partial charge in [-0.15, -0.1) is 0 Å². The number of nitro groups is 1. The molecule has 120 valence electrons. The SMILES string of the molecule is O=[N+]([O-])c1c(NC2CCCCCC2)ncnc1N1CCCC1. The van der Waals surface area contributed by atoms with Crippen LogP contribution in [0.15, 0.2) is 6.33 Å². The van der Waals surface area contributed by atoms with Crippen LogP contribution in [-0.2, 0) is 0 Å². The molecule has 0 bridgehead atoms. The summed E-state index contributed by atoms with van der Waals surface area (Å²) in [6.07, 6.45) is 10.5. The average Bonchev–Trinajstić information content (AvgIpc) is 2.92. The Kier molecular flexibility index (Phi) is 4.70. The predicted octanol–water partition coefficient (Wildman–Crippen LogP) is 3.12. The Bertz CT molecular complexity index is 523. The third-order valence-corrected chi connectivity index (χ3v) is 4.59. The number of nitrogens with zero attached hydrogens (tertiary/aromatic N) is 4. The molecule has 3 rings (SSSR count). The monoisotopic (exact) mass is 305 g/mol. The second-order valence-corrected chi connectivity index (χ2v) is 6.18. The standard InChI is InChI=1S/C15H23N5O2/c21-20(22)13-14(18-12-7-3-1-2-4-8-12)16-11-17-15(13)19-9-5-6-10-19/h11-12H,1-10H2,(H,16,17,18). The van der Waals surface area contributed by atoms with Gasteiger partial charge in [0.05, 0.1) is 4.92 Å². The van der Waals surface area contributed by atoms with Gasteiger partial charge in [0, 0.05) is 19.1 Å². The zero-order valence-corrected chi connectivity index (χ0v) is 12.8. The number of nitrogens with one attached hydrogen (secondary N) is 1. The molecule has 1 aromatic rings. The molecule has 0 aromatic carbocycles. The van der Waals surface area contributed by atoms with Crippen molar-refractivity contribution in [2.75, 3.05) is 23.3 Å². The summed E-state index contributed by atoms with van der Waals surface area (Å²) in [5, 5.41) is 14.9. The van der Waals surface area contributed by atoms with Crippen LogP contribution in [0.4, 0.5) is 17.3 Å². The van der Waals surface area contributed by atoms with Crippen LogP contribution in [0.5, 0.6) is 0 Å². The Balaban J connectivity index is 1.85. The molecular weight excluding hydrogens is 282 g/mol. The van der Waals surface area contributed by atoms with E-state index in [1.807, 2.05) is 4.90 Å². The quantitative estimate of drug-likeness (QED) is 0.522. The van der Waals surface area contributed by atoms with Gasteiger partial charge in [-0.3, -0.25) is 10.1 Å². The number of hydrogen-bond donors (Lipinski definition) is 1. The van der Waals surface area contributed by atoms with E-state index in [1.165, 1.54) is 32.0 Å². The van der Waals surface area contributed by atoms with Crippen molar-refractivity contribution in [3.63, 3.8) is 0 Å². The highest BCUT2D eigenvalue weighted by Gasteiger charge is 2.29. The Labute approximate surface area is 130 Å². The molecule has 1 aliphatic heterocycles. The molecule has 1 saturated carbocycles. The summed E-state index contributed by atoms with van der Waals surface area (Å²) < 4.78 is 0. The van der Waals surface area contributed by atoms with Crippen molar-refractivity contribution in [3.05, 3.63) is 16.4 Å². The summed E-state index contributed by atoms with van der Waals surface area (Å²) in [4.78, 5) is 21.6. The van der Waals surface area contributed by atoms with Crippen LogP contribution in [0.3, 0.4) is 0 Å². The predicted molar refractivity (Wildman–Crippen MR) is 85.2 cm³/mol. The highest BCUT2D eigenvalue weighted by Crippen LogP contribution is 2.34. The topological polar surface area (TPSA) is 84.2 Å². The molecule has 0 atom stereocenters. The highest BCUT2D eigenvalue weighted by atomic mass is 16.6. The van der Waals surface area contributed by atoms with E-state index in [1.54, 1.807) is 0 Å². The van der Waals surface area contributed by atoms with Crippen LogP contribution < -0.4 is 10.2 Å². The molecule has 2 aliphatic rings. The fourth-order valence-corrected chi connectivity index (χ4v) is 3.42. The minimum Gasteiger partial charge on any atom is -0.361 e. The lowest BCUT2D eigenvalue weighted by atomic mass is 10.1. The van der Waals surface area contributed by atoms with Crippen LogP contribution in [-0.4, -0.2) is 34.0 Å². The smallest absolute Gasteiger partial charge is 0.353 e. The molecule has 0 radical (unpaired) electrons. The van der Waals surface area contributed by atoms with Crippen LogP contribution >= 0.6 is 0 Å². The Morgan fingerprint density at radius 1 is 1.09 bits per heavy atom. The number of hydrogen-bond acceptors (Lipinski definition) is 6. The minimum absolute atomic E-state index is 0.0358. The molecule has 2 fully saturated rings. The van der Waals surface area contributed by atoms with Crippen LogP contribution in [0.2, 0.25) is 0 Å². The van der Waals surface area contributed by atoms with Crippen molar-refractivity contribution < 1.29 is 4.92 Å². The van der Waals surface area contributed by atoms with Crippen LogP contribution in [0.25, 0.3) is 0 Å². The normalized spacial score (nSPS) is 19.9. The summed E-state index contributed by atoms with van der Waals surface area (Å²) >= 11 is 0. The summed E-state index contributed by atoms with van der Waals surface area (Å²) in [6.45, 7) is 1.67. The number of aromatic nitrogens is 2. The second-order valence-electron chi connectivity index (χ2n) is 6.18. The van der Waals surface area contributed by atoms with E-state index in [4.69, 9.17) is 0 Å². The van der Waals surface area contributed by atoms with E-state index in [0.717, 1.165) is 38.8 Å². The molecule has 0 spiro atoms. The lowest BCUT2D eigenvalue weighted by Crippen LogP contribution is -2.24. The molecule has 2 heterocycles.